The molecule has 192 valence electrons. The van der Waals surface area contributed by atoms with Gasteiger partial charge in [-0.15, -0.1) is 11.3 Å². The van der Waals surface area contributed by atoms with Gasteiger partial charge in [0.1, 0.15) is 5.82 Å². The Morgan fingerprint density at radius 2 is 1.79 bits per heavy atom. The molecular formula is C27H21FN4O3S3. The molecule has 0 saturated carbocycles. The van der Waals surface area contributed by atoms with Gasteiger partial charge >= 0.3 is 0 Å². The van der Waals surface area contributed by atoms with E-state index in [4.69, 9.17) is 0 Å². The van der Waals surface area contributed by atoms with Crippen molar-refractivity contribution >= 4 is 60.2 Å². The van der Waals surface area contributed by atoms with Crippen molar-refractivity contribution in [3.8, 4) is 0 Å². The van der Waals surface area contributed by atoms with Gasteiger partial charge in [-0.1, -0.05) is 47.7 Å². The van der Waals surface area contributed by atoms with Crippen molar-refractivity contribution in [1.29, 1.82) is 0 Å². The van der Waals surface area contributed by atoms with Gasteiger partial charge in [-0.2, -0.15) is 14.4 Å². The Kier molecular flexibility index (Phi) is 7.43. The zero-order chi connectivity index (χ0) is 26.7. The lowest BCUT2D eigenvalue weighted by Crippen LogP contribution is -2.27. The maximum Gasteiger partial charge on any atom is 0.280 e. The second-order valence-corrected chi connectivity index (χ2v) is 12.3. The molecule has 5 aromatic rings. The summed E-state index contributed by atoms with van der Waals surface area (Å²) in [4.78, 5) is 18.9. The van der Waals surface area contributed by atoms with E-state index in [-0.39, 0.29) is 22.1 Å². The van der Waals surface area contributed by atoms with Gasteiger partial charge in [-0.25, -0.2) is 17.8 Å². The molecule has 0 aliphatic rings. The third-order valence-corrected chi connectivity index (χ3v) is 9.23. The zero-order valence-electron chi connectivity index (χ0n) is 20.1. The molecule has 7 nitrogen and oxygen atoms in total. The number of amides is 1. The third-order valence-electron chi connectivity index (χ3n) is 5.61. The predicted octanol–water partition coefficient (Wildman–Crippen LogP) is 6.00. The normalized spacial score (nSPS) is 12.0. The van der Waals surface area contributed by atoms with E-state index in [9.17, 15) is 17.6 Å². The van der Waals surface area contributed by atoms with Crippen LogP contribution in [0.4, 0.5) is 9.52 Å². The average Bonchev–Trinajstić information content (AvgIpc) is 3.59. The van der Waals surface area contributed by atoms with Gasteiger partial charge in [-0.05, 0) is 59.5 Å². The van der Waals surface area contributed by atoms with Crippen LogP contribution in [0.3, 0.4) is 0 Å². The Bertz CT molecular complexity index is 1700. The van der Waals surface area contributed by atoms with E-state index in [1.54, 1.807) is 12.3 Å². The van der Waals surface area contributed by atoms with Crippen molar-refractivity contribution in [3.63, 3.8) is 0 Å². The van der Waals surface area contributed by atoms with Crippen LogP contribution in [0, 0.1) is 5.82 Å². The number of carbonyl (C=O) groups is 1. The van der Waals surface area contributed by atoms with Crippen LogP contribution in [0.25, 0.3) is 10.2 Å². The first-order valence-corrected chi connectivity index (χ1v) is 14.5. The average molecular weight is 565 g/mol. The number of benzene rings is 3. The number of thiazole rings is 1. The molecule has 0 radical (unpaired) electrons. The summed E-state index contributed by atoms with van der Waals surface area (Å²) in [6, 6.07) is 22.9. The number of anilines is 1. The Morgan fingerprint density at radius 1 is 1.03 bits per heavy atom. The summed E-state index contributed by atoms with van der Waals surface area (Å²) in [6.45, 7) is 0.216. The molecule has 2 aromatic heterocycles. The van der Waals surface area contributed by atoms with Gasteiger partial charge in [0.05, 0.1) is 21.3 Å². The summed E-state index contributed by atoms with van der Waals surface area (Å²) in [7, 11) is -2.27. The summed E-state index contributed by atoms with van der Waals surface area (Å²) < 4.78 is 41.8. The predicted molar refractivity (Wildman–Crippen MR) is 150 cm³/mol. The molecule has 2 heterocycles. The van der Waals surface area contributed by atoms with Crippen molar-refractivity contribution in [2.24, 2.45) is 5.10 Å². The quantitative estimate of drug-likeness (QED) is 0.171. The van der Waals surface area contributed by atoms with Crippen LogP contribution in [0.15, 0.2) is 100 Å². The number of hydrogen-bond donors (Lipinski definition) is 0. The van der Waals surface area contributed by atoms with Crippen molar-refractivity contribution in [2.45, 2.75) is 11.4 Å². The maximum atomic E-state index is 13.7. The van der Waals surface area contributed by atoms with Crippen LogP contribution in [0.2, 0.25) is 0 Å². The van der Waals surface area contributed by atoms with E-state index in [2.05, 4.69) is 10.1 Å². The summed E-state index contributed by atoms with van der Waals surface area (Å²) in [5.41, 5.74) is 1.63. The van der Waals surface area contributed by atoms with Crippen LogP contribution in [-0.4, -0.2) is 36.9 Å². The van der Waals surface area contributed by atoms with Crippen molar-refractivity contribution in [2.75, 3.05) is 12.1 Å². The first-order chi connectivity index (χ1) is 18.3. The van der Waals surface area contributed by atoms with Gasteiger partial charge in [-0.3, -0.25) is 4.79 Å². The van der Waals surface area contributed by atoms with Gasteiger partial charge < -0.3 is 0 Å². The summed E-state index contributed by atoms with van der Waals surface area (Å²) in [6.07, 6.45) is 1.55. The molecule has 0 fully saturated rings. The Hall–Kier alpha value is -3.77. The molecule has 5 rings (SSSR count). The molecule has 11 heteroatoms. The minimum atomic E-state index is -3.78. The SMILES string of the molecule is CN(Cc1ccccc1)S(=O)(=O)c1ccc(C(=O)N(/N=C/c2cccs2)c2nc3ccc(F)cc3s2)cc1. The summed E-state index contributed by atoms with van der Waals surface area (Å²) in [5.74, 6) is -0.902. The molecule has 0 unspecified atom stereocenters. The van der Waals surface area contributed by atoms with E-state index in [1.807, 2.05) is 47.8 Å². The number of aromatic nitrogens is 1. The van der Waals surface area contributed by atoms with Crippen LogP contribution < -0.4 is 5.01 Å². The molecule has 38 heavy (non-hydrogen) atoms. The number of rotatable bonds is 8. The number of sulfonamides is 1. The third kappa shape index (κ3) is 5.55. The number of fused-ring (bicyclic) bond motifs is 1. The number of nitrogens with zero attached hydrogens (tertiary/aromatic N) is 4. The first-order valence-electron chi connectivity index (χ1n) is 11.4. The Morgan fingerprint density at radius 3 is 2.50 bits per heavy atom. The van der Waals surface area contributed by atoms with Crippen LogP contribution >= 0.6 is 22.7 Å². The van der Waals surface area contributed by atoms with Gasteiger partial charge in [0, 0.05) is 24.0 Å². The zero-order valence-corrected chi connectivity index (χ0v) is 22.5. The lowest BCUT2D eigenvalue weighted by atomic mass is 10.2. The van der Waals surface area contributed by atoms with Crippen LogP contribution in [0.1, 0.15) is 20.8 Å². The standard InChI is InChI=1S/C27H21FN4O3S3/c1-31(18-19-6-3-2-4-7-19)38(34,35)23-12-9-20(10-13-23)26(33)32(29-17-22-8-5-15-36-22)27-30-24-14-11-21(28)16-25(24)37-27/h2-17H,18H2,1H3/b29-17+. The van der Waals surface area contributed by atoms with Gasteiger partial charge in [0.25, 0.3) is 5.91 Å². The number of carbonyl (C=O) groups excluding carboxylic acids is 1. The molecule has 0 aliphatic heterocycles. The number of hydrazone groups is 1. The lowest BCUT2D eigenvalue weighted by molar-refractivity contribution is 0.0987. The molecule has 0 spiro atoms. The van der Waals surface area contributed by atoms with E-state index in [1.165, 1.54) is 59.1 Å². The minimum Gasteiger partial charge on any atom is -0.267 e. The van der Waals surface area contributed by atoms with Crippen molar-refractivity contribution < 1.29 is 17.6 Å². The highest BCUT2D eigenvalue weighted by atomic mass is 32.2. The van der Waals surface area contributed by atoms with E-state index < -0.39 is 21.7 Å². The molecular weight excluding hydrogens is 544 g/mol. The highest BCUT2D eigenvalue weighted by molar-refractivity contribution is 7.89. The van der Waals surface area contributed by atoms with Gasteiger partial charge in [0.2, 0.25) is 15.2 Å². The van der Waals surface area contributed by atoms with E-state index in [0.717, 1.165) is 26.8 Å². The monoisotopic (exact) mass is 564 g/mol. The molecule has 3 aromatic carbocycles. The second kappa shape index (κ2) is 10.9. The topological polar surface area (TPSA) is 82.9 Å². The molecule has 0 bridgehead atoms. The first kappa shape index (κ1) is 25.9. The molecule has 0 aliphatic carbocycles. The van der Waals surface area contributed by atoms with Crippen LogP contribution in [0.5, 0.6) is 0 Å². The van der Waals surface area contributed by atoms with E-state index >= 15 is 0 Å². The maximum absolute atomic E-state index is 13.7. The van der Waals surface area contributed by atoms with Crippen LogP contribution in [-0.2, 0) is 16.6 Å². The summed E-state index contributed by atoms with van der Waals surface area (Å²) >= 11 is 2.59. The highest BCUT2D eigenvalue weighted by Crippen LogP contribution is 2.31. The Labute approximate surface area is 227 Å². The smallest absolute Gasteiger partial charge is 0.267 e. The number of hydrogen-bond acceptors (Lipinski definition) is 7. The number of halogens is 1. The van der Waals surface area contributed by atoms with Crippen molar-refractivity contribution in [1.82, 2.24) is 9.29 Å². The second-order valence-electron chi connectivity index (χ2n) is 8.26. The van der Waals surface area contributed by atoms with Gasteiger partial charge in [0.15, 0.2) is 0 Å². The van der Waals surface area contributed by atoms with Crippen molar-refractivity contribution in [3.05, 3.63) is 112 Å². The summed E-state index contributed by atoms with van der Waals surface area (Å²) in [5, 5.41) is 7.68. The lowest BCUT2D eigenvalue weighted by Gasteiger charge is -2.18. The largest absolute Gasteiger partial charge is 0.280 e. The van der Waals surface area contributed by atoms with E-state index in [0.29, 0.717) is 10.2 Å². The minimum absolute atomic E-state index is 0.0663. The fourth-order valence-electron chi connectivity index (χ4n) is 3.64. The molecule has 0 atom stereocenters. The highest BCUT2D eigenvalue weighted by Gasteiger charge is 2.24. The molecule has 0 N–H and O–H groups in total. The fourth-order valence-corrected chi connectivity index (χ4v) is 6.33. The fraction of sp³-hybridized carbons (Fsp3) is 0.0741. The number of thiophene rings is 1. The molecule has 0 saturated heterocycles. The Balaban J connectivity index is 1.43. The molecule has 1 amide bonds.